The summed E-state index contributed by atoms with van der Waals surface area (Å²) < 4.78 is 26.9. The van der Waals surface area contributed by atoms with Gasteiger partial charge in [0.15, 0.2) is 0 Å². The second kappa shape index (κ2) is 2.73. The quantitative estimate of drug-likeness (QED) is 0.718. The molecule has 0 unspecified atom stereocenters. The Balaban J connectivity index is 2.31. The zero-order valence-corrected chi connectivity index (χ0v) is 7.00. The molecule has 2 N–H and O–H groups in total. The molecule has 0 aromatic carbocycles. The zero-order valence-electron chi connectivity index (χ0n) is 7.00. The van der Waals surface area contributed by atoms with Crippen molar-refractivity contribution < 1.29 is 8.78 Å². The topological polar surface area (TPSA) is 38.9 Å². The van der Waals surface area contributed by atoms with Gasteiger partial charge in [0.25, 0.3) is 0 Å². The normalized spacial score (nSPS) is 32.7. The number of rotatable bonds is 1. The molecular weight excluding hydrogens is 174 g/mol. The van der Waals surface area contributed by atoms with Gasteiger partial charge in [-0.2, -0.15) is 0 Å². The van der Waals surface area contributed by atoms with E-state index < -0.39 is 11.5 Å². The fourth-order valence-corrected chi connectivity index (χ4v) is 1.73. The van der Waals surface area contributed by atoms with Crippen molar-refractivity contribution in [3.8, 4) is 0 Å². The molecule has 1 fully saturated rings. The fraction of sp³-hybridized carbons (Fsp3) is 0.444. The summed E-state index contributed by atoms with van der Waals surface area (Å²) in [7, 11) is 0. The second-order valence-electron chi connectivity index (χ2n) is 3.49. The van der Waals surface area contributed by atoms with E-state index in [2.05, 4.69) is 4.98 Å². The number of pyridine rings is 1. The van der Waals surface area contributed by atoms with Gasteiger partial charge in [0.05, 0.1) is 6.20 Å². The van der Waals surface area contributed by atoms with Crippen LogP contribution in [0.2, 0.25) is 0 Å². The van der Waals surface area contributed by atoms with Gasteiger partial charge in [-0.05, 0) is 6.07 Å². The number of nitrogens with zero attached hydrogens (tertiary/aromatic N) is 1. The summed E-state index contributed by atoms with van der Waals surface area (Å²) in [6.07, 6.45) is 2.83. The lowest BCUT2D eigenvalue weighted by Gasteiger charge is -2.39. The molecule has 1 aliphatic carbocycles. The molecular formula is C9H10F2N2. The lowest BCUT2D eigenvalue weighted by Crippen LogP contribution is -2.46. The molecule has 2 rings (SSSR count). The predicted octanol–water partition coefficient (Wildman–Crippen LogP) is 1.51. The van der Waals surface area contributed by atoms with Gasteiger partial charge in [0.2, 0.25) is 0 Å². The molecule has 4 heteroatoms. The van der Waals surface area contributed by atoms with E-state index in [0.29, 0.717) is 0 Å². The molecule has 1 aromatic rings. The predicted molar refractivity (Wildman–Crippen MR) is 44.2 cm³/mol. The van der Waals surface area contributed by atoms with Gasteiger partial charge in [-0.15, -0.1) is 0 Å². The van der Waals surface area contributed by atoms with Gasteiger partial charge < -0.3 is 5.73 Å². The molecule has 1 heterocycles. The second-order valence-corrected chi connectivity index (χ2v) is 3.49. The highest BCUT2D eigenvalue weighted by molar-refractivity contribution is 5.25. The van der Waals surface area contributed by atoms with E-state index in [9.17, 15) is 8.78 Å². The van der Waals surface area contributed by atoms with E-state index >= 15 is 0 Å². The molecule has 1 aliphatic rings. The van der Waals surface area contributed by atoms with Crippen LogP contribution in [0.25, 0.3) is 0 Å². The first-order valence-corrected chi connectivity index (χ1v) is 4.16. The maximum absolute atomic E-state index is 13.8. The highest BCUT2D eigenvalue weighted by Gasteiger charge is 2.46. The molecule has 0 aliphatic heterocycles. The summed E-state index contributed by atoms with van der Waals surface area (Å²) >= 11 is 0. The van der Waals surface area contributed by atoms with Crippen molar-refractivity contribution in [1.29, 1.82) is 0 Å². The van der Waals surface area contributed by atoms with Crippen LogP contribution in [0.5, 0.6) is 0 Å². The van der Waals surface area contributed by atoms with E-state index in [4.69, 9.17) is 5.73 Å². The number of nitrogens with two attached hydrogens (primary N) is 1. The summed E-state index contributed by atoms with van der Waals surface area (Å²) in [5.41, 5.74) is 3.99. The van der Waals surface area contributed by atoms with Crippen LogP contribution in [0.4, 0.5) is 8.78 Å². The Morgan fingerprint density at radius 3 is 2.77 bits per heavy atom. The molecule has 0 spiro atoms. The summed E-state index contributed by atoms with van der Waals surface area (Å²) in [4.78, 5) is 3.56. The van der Waals surface area contributed by atoms with Crippen LogP contribution in [-0.4, -0.2) is 11.0 Å². The number of hydrogen-bond acceptors (Lipinski definition) is 2. The first-order valence-electron chi connectivity index (χ1n) is 4.16. The Kier molecular flexibility index (Phi) is 1.80. The van der Waals surface area contributed by atoms with E-state index in [-0.39, 0.29) is 24.4 Å². The number of halogens is 2. The van der Waals surface area contributed by atoms with Crippen LogP contribution in [0.3, 0.4) is 0 Å². The average Bonchev–Trinajstić information content (AvgIpc) is 2.02. The summed E-state index contributed by atoms with van der Waals surface area (Å²) in [5.74, 6) is -0.586. The SMILES string of the molecule is NC1CC(F)(c2ccncc2F)C1. The zero-order chi connectivity index (χ0) is 9.47. The van der Waals surface area contributed by atoms with Gasteiger partial charge in [0, 0.05) is 30.6 Å². The third-order valence-electron chi connectivity index (χ3n) is 2.43. The highest BCUT2D eigenvalue weighted by Crippen LogP contribution is 2.44. The average molecular weight is 184 g/mol. The van der Waals surface area contributed by atoms with Crippen molar-refractivity contribution in [2.45, 2.75) is 24.6 Å². The van der Waals surface area contributed by atoms with Crippen LogP contribution in [0.15, 0.2) is 18.5 Å². The van der Waals surface area contributed by atoms with Gasteiger partial charge in [0.1, 0.15) is 11.5 Å². The third-order valence-corrected chi connectivity index (χ3v) is 2.43. The first kappa shape index (κ1) is 8.56. The Morgan fingerprint density at radius 1 is 1.54 bits per heavy atom. The van der Waals surface area contributed by atoms with Gasteiger partial charge in [-0.1, -0.05) is 0 Å². The van der Waals surface area contributed by atoms with E-state index in [1.165, 1.54) is 12.3 Å². The summed E-state index contributed by atoms with van der Waals surface area (Å²) in [6, 6.07) is 1.24. The molecule has 0 atom stereocenters. The molecule has 2 nitrogen and oxygen atoms in total. The molecule has 0 bridgehead atoms. The summed E-state index contributed by atoms with van der Waals surface area (Å²) in [6.45, 7) is 0. The minimum Gasteiger partial charge on any atom is -0.327 e. The lowest BCUT2D eigenvalue weighted by atomic mass is 9.73. The largest absolute Gasteiger partial charge is 0.327 e. The number of alkyl halides is 1. The van der Waals surface area contributed by atoms with Crippen LogP contribution in [-0.2, 0) is 5.67 Å². The minimum absolute atomic E-state index is 0.0872. The number of aromatic nitrogens is 1. The van der Waals surface area contributed by atoms with Gasteiger partial charge in [-0.25, -0.2) is 8.78 Å². The van der Waals surface area contributed by atoms with Crippen molar-refractivity contribution >= 4 is 0 Å². The standard InChI is InChI=1S/C9H10F2N2/c10-8-5-13-2-1-7(8)9(11)3-6(12)4-9/h1-2,5-6H,3-4,12H2. The van der Waals surface area contributed by atoms with Crippen LogP contribution in [0.1, 0.15) is 18.4 Å². The molecule has 70 valence electrons. The Morgan fingerprint density at radius 2 is 2.23 bits per heavy atom. The van der Waals surface area contributed by atoms with Gasteiger partial charge in [-0.3, -0.25) is 4.98 Å². The Bertz CT molecular complexity index is 321. The van der Waals surface area contributed by atoms with E-state index in [0.717, 1.165) is 6.20 Å². The van der Waals surface area contributed by atoms with Crippen molar-refractivity contribution in [1.82, 2.24) is 4.98 Å². The first-order chi connectivity index (χ1) is 6.12. The monoisotopic (exact) mass is 184 g/mol. The molecule has 0 amide bonds. The maximum Gasteiger partial charge on any atom is 0.147 e. The number of hydrogen-bond donors (Lipinski definition) is 1. The fourth-order valence-electron chi connectivity index (χ4n) is 1.73. The molecule has 1 saturated carbocycles. The van der Waals surface area contributed by atoms with Crippen LogP contribution < -0.4 is 5.73 Å². The van der Waals surface area contributed by atoms with Crippen molar-refractivity contribution in [2.75, 3.05) is 0 Å². The van der Waals surface area contributed by atoms with Gasteiger partial charge >= 0.3 is 0 Å². The minimum atomic E-state index is -1.56. The molecule has 1 aromatic heterocycles. The Hall–Kier alpha value is -1.03. The summed E-state index contributed by atoms with van der Waals surface area (Å²) in [5, 5.41) is 0. The highest BCUT2D eigenvalue weighted by atomic mass is 19.1. The smallest absolute Gasteiger partial charge is 0.147 e. The van der Waals surface area contributed by atoms with Crippen LogP contribution in [0, 0.1) is 5.82 Å². The van der Waals surface area contributed by atoms with E-state index in [1.807, 2.05) is 0 Å². The lowest BCUT2D eigenvalue weighted by molar-refractivity contribution is 0.0367. The van der Waals surface area contributed by atoms with Crippen molar-refractivity contribution in [3.05, 3.63) is 29.8 Å². The van der Waals surface area contributed by atoms with Crippen molar-refractivity contribution in [3.63, 3.8) is 0 Å². The maximum atomic E-state index is 13.8. The van der Waals surface area contributed by atoms with E-state index in [1.54, 1.807) is 0 Å². The third kappa shape index (κ3) is 1.31. The van der Waals surface area contributed by atoms with Crippen LogP contribution >= 0.6 is 0 Å². The molecule has 0 radical (unpaired) electrons. The molecule has 13 heavy (non-hydrogen) atoms. The Labute approximate surface area is 74.8 Å². The molecule has 0 saturated heterocycles. The van der Waals surface area contributed by atoms with Crippen molar-refractivity contribution in [2.24, 2.45) is 5.73 Å².